The highest BCUT2D eigenvalue weighted by molar-refractivity contribution is 4.81. The molecule has 94 valence electrons. The summed E-state index contributed by atoms with van der Waals surface area (Å²) in [5.74, 6) is 0.953. The summed E-state index contributed by atoms with van der Waals surface area (Å²) in [7, 11) is 2.28. The molecule has 0 aromatic carbocycles. The van der Waals surface area contributed by atoms with Gasteiger partial charge >= 0.3 is 0 Å². The largest absolute Gasteiger partial charge is 0.312 e. The van der Waals surface area contributed by atoms with Crippen molar-refractivity contribution in [3.8, 4) is 0 Å². The quantitative estimate of drug-likeness (QED) is 0.790. The second-order valence-corrected chi connectivity index (χ2v) is 5.87. The minimum atomic E-state index is 0.734. The minimum absolute atomic E-state index is 0.734. The van der Waals surface area contributed by atoms with Crippen LogP contribution < -0.4 is 5.32 Å². The van der Waals surface area contributed by atoms with E-state index in [-0.39, 0.29) is 0 Å². The van der Waals surface area contributed by atoms with Gasteiger partial charge in [0.25, 0.3) is 0 Å². The highest BCUT2D eigenvalue weighted by atomic mass is 15.2. The molecule has 2 heteroatoms. The molecule has 0 aromatic heterocycles. The van der Waals surface area contributed by atoms with Gasteiger partial charge in [0.15, 0.2) is 0 Å². The summed E-state index contributed by atoms with van der Waals surface area (Å²) >= 11 is 0. The van der Waals surface area contributed by atoms with Crippen LogP contribution in [0.25, 0.3) is 0 Å². The molecule has 1 saturated carbocycles. The van der Waals surface area contributed by atoms with Gasteiger partial charge in [-0.05, 0) is 52.1 Å². The maximum absolute atomic E-state index is 3.78. The number of likely N-dealkylation sites (tertiary alicyclic amines) is 1. The molecule has 2 aliphatic rings. The van der Waals surface area contributed by atoms with Crippen molar-refractivity contribution in [3.05, 3.63) is 0 Å². The Balaban J connectivity index is 1.69. The van der Waals surface area contributed by atoms with Gasteiger partial charge in [-0.2, -0.15) is 0 Å². The smallest absolute Gasteiger partial charge is 0.0217 e. The van der Waals surface area contributed by atoms with Crippen molar-refractivity contribution in [2.24, 2.45) is 5.92 Å². The van der Waals surface area contributed by atoms with E-state index in [2.05, 4.69) is 24.2 Å². The van der Waals surface area contributed by atoms with Gasteiger partial charge in [0.2, 0.25) is 0 Å². The van der Waals surface area contributed by atoms with E-state index in [1.165, 1.54) is 58.0 Å². The lowest BCUT2D eigenvalue weighted by Gasteiger charge is -2.34. The third-order valence-electron chi connectivity index (χ3n) is 4.70. The normalized spacial score (nSPS) is 30.8. The van der Waals surface area contributed by atoms with E-state index in [1.807, 2.05) is 0 Å². The SMILES string of the molecule is C[C@@H](NCC1CCCCN1C)C1CCCC1. The molecule has 2 fully saturated rings. The molecular weight excluding hydrogens is 196 g/mol. The predicted molar refractivity (Wildman–Crippen MR) is 69.7 cm³/mol. The van der Waals surface area contributed by atoms with Crippen LogP contribution in [0.1, 0.15) is 51.9 Å². The van der Waals surface area contributed by atoms with E-state index in [0.29, 0.717) is 0 Å². The topological polar surface area (TPSA) is 15.3 Å². The maximum Gasteiger partial charge on any atom is 0.0217 e. The molecule has 0 spiro atoms. The van der Waals surface area contributed by atoms with Crippen LogP contribution in [0.15, 0.2) is 0 Å². The molecule has 2 atom stereocenters. The van der Waals surface area contributed by atoms with Crippen LogP contribution in [0.3, 0.4) is 0 Å². The van der Waals surface area contributed by atoms with E-state index in [0.717, 1.165) is 18.0 Å². The monoisotopic (exact) mass is 224 g/mol. The van der Waals surface area contributed by atoms with E-state index in [1.54, 1.807) is 0 Å². The Hall–Kier alpha value is -0.0800. The van der Waals surface area contributed by atoms with Gasteiger partial charge in [-0.25, -0.2) is 0 Å². The molecule has 1 unspecified atom stereocenters. The number of nitrogens with one attached hydrogen (secondary N) is 1. The molecule has 1 heterocycles. The number of piperidine rings is 1. The van der Waals surface area contributed by atoms with Crippen LogP contribution in [0, 0.1) is 5.92 Å². The Bertz CT molecular complexity index is 199. The molecule has 0 amide bonds. The Labute approximate surface area is 101 Å². The van der Waals surface area contributed by atoms with Gasteiger partial charge in [0.1, 0.15) is 0 Å². The van der Waals surface area contributed by atoms with Crippen molar-refractivity contribution in [2.75, 3.05) is 20.1 Å². The van der Waals surface area contributed by atoms with Crippen molar-refractivity contribution >= 4 is 0 Å². The molecule has 2 rings (SSSR count). The Morgan fingerprint density at radius 1 is 1.12 bits per heavy atom. The fourth-order valence-electron chi connectivity index (χ4n) is 3.35. The standard InChI is InChI=1S/C14H28N2/c1-12(13-7-3-4-8-13)15-11-14-9-5-6-10-16(14)2/h12-15H,3-11H2,1-2H3/t12-,14?/m1/s1. The van der Waals surface area contributed by atoms with Crippen LogP contribution in [0.4, 0.5) is 0 Å². The van der Waals surface area contributed by atoms with Crippen molar-refractivity contribution < 1.29 is 0 Å². The zero-order chi connectivity index (χ0) is 11.4. The summed E-state index contributed by atoms with van der Waals surface area (Å²) < 4.78 is 0. The van der Waals surface area contributed by atoms with E-state index in [4.69, 9.17) is 0 Å². The summed E-state index contributed by atoms with van der Waals surface area (Å²) in [6, 6.07) is 1.52. The molecule has 0 aromatic rings. The van der Waals surface area contributed by atoms with Crippen LogP contribution >= 0.6 is 0 Å². The molecule has 1 aliphatic carbocycles. The van der Waals surface area contributed by atoms with Crippen molar-refractivity contribution in [1.29, 1.82) is 0 Å². The third kappa shape index (κ3) is 3.21. The van der Waals surface area contributed by atoms with E-state index >= 15 is 0 Å². The molecule has 1 saturated heterocycles. The van der Waals surface area contributed by atoms with Gasteiger partial charge in [-0.3, -0.25) is 0 Å². The molecular formula is C14H28N2. The maximum atomic E-state index is 3.78. The van der Waals surface area contributed by atoms with Gasteiger partial charge in [-0.1, -0.05) is 19.3 Å². The number of hydrogen-bond acceptors (Lipinski definition) is 2. The fraction of sp³-hybridized carbons (Fsp3) is 1.00. The highest BCUT2D eigenvalue weighted by Gasteiger charge is 2.23. The molecule has 16 heavy (non-hydrogen) atoms. The van der Waals surface area contributed by atoms with Gasteiger partial charge in [-0.15, -0.1) is 0 Å². The zero-order valence-corrected chi connectivity index (χ0v) is 11.0. The van der Waals surface area contributed by atoms with Crippen molar-refractivity contribution in [3.63, 3.8) is 0 Å². The lowest BCUT2D eigenvalue weighted by molar-refractivity contribution is 0.174. The fourth-order valence-corrected chi connectivity index (χ4v) is 3.35. The predicted octanol–water partition coefficient (Wildman–Crippen LogP) is 2.64. The third-order valence-corrected chi connectivity index (χ3v) is 4.70. The molecule has 1 N–H and O–H groups in total. The van der Waals surface area contributed by atoms with Gasteiger partial charge in [0.05, 0.1) is 0 Å². The van der Waals surface area contributed by atoms with Crippen molar-refractivity contribution in [2.45, 2.75) is 64.0 Å². The van der Waals surface area contributed by atoms with Crippen LogP contribution in [-0.2, 0) is 0 Å². The summed E-state index contributed by atoms with van der Waals surface area (Å²) in [5, 5.41) is 3.78. The second kappa shape index (κ2) is 6.02. The average Bonchev–Trinajstić information content (AvgIpc) is 2.81. The summed E-state index contributed by atoms with van der Waals surface area (Å²) in [6.07, 6.45) is 10.0. The number of rotatable bonds is 4. The molecule has 0 radical (unpaired) electrons. The highest BCUT2D eigenvalue weighted by Crippen LogP contribution is 2.27. The molecule has 2 nitrogen and oxygen atoms in total. The summed E-state index contributed by atoms with van der Waals surface area (Å²) in [6.45, 7) is 4.89. The van der Waals surface area contributed by atoms with Crippen LogP contribution in [0.5, 0.6) is 0 Å². The Morgan fingerprint density at radius 2 is 1.81 bits per heavy atom. The lowest BCUT2D eigenvalue weighted by Crippen LogP contribution is -2.46. The summed E-state index contributed by atoms with van der Waals surface area (Å²) in [5.41, 5.74) is 0. The van der Waals surface area contributed by atoms with Crippen molar-refractivity contribution in [1.82, 2.24) is 10.2 Å². The van der Waals surface area contributed by atoms with Gasteiger partial charge in [0, 0.05) is 18.6 Å². The Kier molecular flexibility index (Phi) is 4.66. The number of nitrogens with zero attached hydrogens (tertiary/aromatic N) is 1. The zero-order valence-electron chi connectivity index (χ0n) is 11.0. The lowest BCUT2D eigenvalue weighted by atomic mass is 9.98. The van der Waals surface area contributed by atoms with Crippen LogP contribution in [-0.4, -0.2) is 37.1 Å². The first-order valence-corrected chi connectivity index (χ1v) is 7.21. The van der Waals surface area contributed by atoms with Gasteiger partial charge < -0.3 is 10.2 Å². The average molecular weight is 224 g/mol. The minimum Gasteiger partial charge on any atom is -0.312 e. The van der Waals surface area contributed by atoms with E-state index < -0.39 is 0 Å². The first-order valence-electron chi connectivity index (χ1n) is 7.21. The first-order chi connectivity index (χ1) is 7.77. The number of likely N-dealkylation sites (N-methyl/N-ethyl adjacent to an activating group) is 1. The second-order valence-electron chi connectivity index (χ2n) is 5.87. The molecule has 0 bridgehead atoms. The van der Waals surface area contributed by atoms with Crippen LogP contribution in [0.2, 0.25) is 0 Å². The Morgan fingerprint density at radius 3 is 2.50 bits per heavy atom. The first kappa shape index (κ1) is 12.4. The summed E-state index contributed by atoms with van der Waals surface area (Å²) in [4.78, 5) is 2.54. The molecule has 1 aliphatic heterocycles. The number of hydrogen-bond donors (Lipinski definition) is 1. The van der Waals surface area contributed by atoms with E-state index in [9.17, 15) is 0 Å².